The third-order valence-electron chi connectivity index (χ3n) is 4.64. The first kappa shape index (κ1) is 15.0. The second kappa shape index (κ2) is 6.90. The summed E-state index contributed by atoms with van der Waals surface area (Å²) in [5.74, 6) is 1.42. The predicted octanol–water partition coefficient (Wildman–Crippen LogP) is 2.33. The van der Waals surface area contributed by atoms with Crippen molar-refractivity contribution in [1.29, 1.82) is 0 Å². The first-order valence-corrected chi connectivity index (χ1v) is 8.18. The van der Waals surface area contributed by atoms with Crippen LogP contribution >= 0.6 is 0 Å². The normalized spacial score (nSPS) is 21.2. The van der Waals surface area contributed by atoms with E-state index in [0.29, 0.717) is 5.92 Å². The molecule has 1 atom stereocenters. The standard InChI is InChI=1S/C17H25N3O2/c1-22-16-6-4-5-15(11-16)20-10-7-14(13-20)12-18-17(21)19-8-2-3-9-19/h4-6,11,14H,2-3,7-10,12-13H2,1H3,(H,18,21). The molecule has 0 aromatic heterocycles. The Morgan fingerprint density at radius 2 is 2.14 bits per heavy atom. The highest BCUT2D eigenvalue weighted by atomic mass is 16.5. The number of methoxy groups -OCH3 is 1. The van der Waals surface area contributed by atoms with Crippen LogP contribution in [0, 0.1) is 5.92 Å². The molecule has 2 saturated heterocycles. The number of nitrogens with one attached hydrogen (secondary N) is 1. The molecule has 0 bridgehead atoms. The first-order chi connectivity index (χ1) is 10.8. The Labute approximate surface area is 132 Å². The fraction of sp³-hybridized carbons (Fsp3) is 0.588. The number of carbonyl (C=O) groups is 1. The first-order valence-electron chi connectivity index (χ1n) is 8.18. The van der Waals surface area contributed by atoms with E-state index in [1.807, 2.05) is 17.0 Å². The zero-order valence-corrected chi connectivity index (χ0v) is 13.3. The molecule has 2 heterocycles. The molecule has 22 heavy (non-hydrogen) atoms. The van der Waals surface area contributed by atoms with Gasteiger partial charge in [-0.25, -0.2) is 4.79 Å². The van der Waals surface area contributed by atoms with E-state index < -0.39 is 0 Å². The number of benzene rings is 1. The second-order valence-electron chi connectivity index (χ2n) is 6.18. The van der Waals surface area contributed by atoms with E-state index in [0.717, 1.165) is 57.7 Å². The Morgan fingerprint density at radius 3 is 2.91 bits per heavy atom. The maximum Gasteiger partial charge on any atom is 0.317 e. The van der Waals surface area contributed by atoms with Crippen LogP contribution in [-0.2, 0) is 0 Å². The zero-order chi connectivity index (χ0) is 15.4. The minimum Gasteiger partial charge on any atom is -0.497 e. The van der Waals surface area contributed by atoms with Gasteiger partial charge in [-0.1, -0.05) is 6.07 Å². The van der Waals surface area contributed by atoms with Gasteiger partial charge in [0.25, 0.3) is 0 Å². The third kappa shape index (κ3) is 3.46. The number of anilines is 1. The van der Waals surface area contributed by atoms with Gasteiger partial charge in [0, 0.05) is 44.5 Å². The number of hydrogen-bond acceptors (Lipinski definition) is 3. The molecule has 5 heteroatoms. The topological polar surface area (TPSA) is 44.8 Å². The van der Waals surface area contributed by atoms with E-state index in [9.17, 15) is 4.79 Å². The molecular formula is C17H25N3O2. The van der Waals surface area contributed by atoms with Crippen molar-refractivity contribution in [3.8, 4) is 5.75 Å². The van der Waals surface area contributed by atoms with Gasteiger partial charge in [0.15, 0.2) is 0 Å². The number of urea groups is 1. The Bertz CT molecular complexity index is 514. The third-order valence-corrected chi connectivity index (χ3v) is 4.64. The van der Waals surface area contributed by atoms with Gasteiger partial charge < -0.3 is 19.9 Å². The van der Waals surface area contributed by atoms with Crippen LogP contribution in [0.3, 0.4) is 0 Å². The van der Waals surface area contributed by atoms with E-state index >= 15 is 0 Å². The summed E-state index contributed by atoms with van der Waals surface area (Å²) in [5, 5.41) is 3.10. The van der Waals surface area contributed by atoms with Gasteiger partial charge in [0.1, 0.15) is 5.75 Å². The van der Waals surface area contributed by atoms with Crippen LogP contribution in [0.15, 0.2) is 24.3 Å². The van der Waals surface area contributed by atoms with Crippen molar-refractivity contribution in [2.75, 3.05) is 44.7 Å². The number of nitrogens with zero attached hydrogens (tertiary/aromatic N) is 2. The van der Waals surface area contributed by atoms with Crippen molar-refractivity contribution in [2.24, 2.45) is 5.92 Å². The van der Waals surface area contributed by atoms with Crippen LogP contribution in [0.5, 0.6) is 5.75 Å². The largest absolute Gasteiger partial charge is 0.497 e. The molecule has 1 aromatic rings. The molecule has 2 amide bonds. The summed E-state index contributed by atoms with van der Waals surface area (Å²) in [7, 11) is 1.69. The predicted molar refractivity (Wildman–Crippen MR) is 87.5 cm³/mol. The number of amides is 2. The molecule has 1 unspecified atom stereocenters. The number of likely N-dealkylation sites (tertiary alicyclic amines) is 1. The average Bonchev–Trinajstić information content (AvgIpc) is 3.24. The van der Waals surface area contributed by atoms with Crippen molar-refractivity contribution in [3.63, 3.8) is 0 Å². The van der Waals surface area contributed by atoms with E-state index in [4.69, 9.17) is 4.74 Å². The minimum absolute atomic E-state index is 0.109. The molecular weight excluding hydrogens is 278 g/mol. The molecule has 0 saturated carbocycles. The minimum atomic E-state index is 0.109. The summed E-state index contributed by atoms with van der Waals surface area (Å²) in [6.07, 6.45) is 3.40. The summed E-state index contributed by atoms with van der Waals surface area (Å²) in [5.41, 5.74) is 1.20. The van der Waals surface area contributed by atoms with Crippen LogP contribution < -0.4 is 15.0 Å². The second-order valence-corrected chi connectivity index (χ2v) is 6.18. The van der Waals surface area contributed by atoms with Gasteiger partial charge >= 0.3 is 6.03 Å². The lowest BCUT2D eigenvalue weighted by atomic mass is 10.1. The fourth-order valence-corrected chi connectivity index (χ4v) is 3.30. The number of hydrogen-bond donors (Lipinski definition) is 1. The molecule has 2 fully saturated rings. The Morgan fingerprint density at radius 1 is 1.32 bits per heavy atom. The van der Waals surface area contributed by atoms with Gasteiger partial charge in [-0.05, 0) is 37.3 Å². The number of ether oxygens (including phenoxy) is 1. The summed E-state index contributed by atoms with van der Waals surface area (Å²) in [6.45, 7) is 4.62. The molecule has 120 valence electrons. The lowest BCUT2D eigenvalue weighted by molar-refractivity contribution is 0.207. The highest BCUT2D eigenvalue weighted by Crippen LogP contribution is 2.26. The molecule has 0 radical (unpaired) electrons. The Kier molecular flexibility index (Phi) is 4.71. The van der Waals surface area contributed by atoms with Gasteiger partial charge in [0.2, 0.25) is 0 Å². The Balaban J connectivity index is 1.48. The van der Waals surface area contributed by atoms with E-state index in [2.05, 4.69) is 22.3 Å². The number of rotatable bonds is 4. The molecule has 0 aliphatic carbocycles. The fourth-order valence-electron chi connectivity index (χ4n) is 3.30. The average molecular weight is 303 g/mol. The van der Waals surface area contributed by atoms with Gasteiger partial charge in [0.05, 0.1) is 7.11 Å². The molecule has 0 spiro atoms. The van der Waals surface area contributed by atoms with Crippen molar-refractivity contribution >= 4 is 11.7 Å². The molecule has 1 aromatic carbocycles. The van der Waals surface area contributed by atoms with Crippen LogP contribution in [0.1, 0.15) is 19.3 Å². The van der Waals surface area contributed by atoms with E-state index in [1.54, 1.807) is 7.11 Å². The summed E-state index contributed by atoms with van der Waals surface area (Å²) >= 11 is 0. The quantitative estimate of drug-likeness (QED) is 0.928. The lowest BCUT2D eigenvalue weighted by Gasteiger charge is -2.20. The zero-order valence-electron chi connectivity index (χ0n) is 13.3. The maximum atomic E-state index is 12.0. The maximum absolute atomic E-state index is 12.0. The van der Waals surface area contributed by atoms with E-state index in [-0.39, 0.29) is 6.03 Å². The summed E-state index contributed by atoms with van der Waals surface area (Å²) in [4.78, 5) is 16.3. The highest BCUT2D eigenvalue weighted by molar-refractivity contribution is 5.74. The summed E-state index contributed by atoms with van der Waals surface area (Å²) in [6, 6.07) is 8.29. The molecule has 3 rings (SSSR count). The van der Waals surface area contributed by atoms with Crippen molar-refractivity contribution in [1.82, 2.24) is 10.2 Å². The smallest absolute Gasteiger partial charge is 0.317 e. The summed E-state index contributed by atoms with van der Waals surface area (Å²) < 4.78 is 5.29. The molecule has 2 aliphatic heterocycles. The van der Waals surface area contributed by atoms with Gasteiger partial charge in [-0.15, -0.1) is 0 Å². The van der Waals surface area contributed by atoms with Crippen LogP contribution in [0.4, 0.5) is 10.5 Å². The molecule has 2 aliphatic rings. The molecule has 5 nitrogen and oxygen atoms in total. The SMILES string of the molecule is COc1cccc(N2CCC(CNC(=O)N3CCCC3)C2)c1. The van der Waals surface area contributed by atoms with Crippen molar-refractivity contribution in [2.45, 2.75) is 19.3 Å². The highest BCUT2D eigenvalue weighted by Gasteiger charge is 2.24. The lowest BCUT2D eigenvalue weighted by Crippen LogP contribution is -2.40. The van der Waals surface area contributed by atoms with Crippen LogP contribution in [0.2, 0.25) is 0 Å². The van der Waals surface area contributed by atoms with E-state index in [1.165, 1.54) is 5.69 Å². The van der Waals surface area contributed by atoms with Crippen LogP contribution in [0.25, 0.3) is 0 Å². The monoisotopic (exact) mass is 303 g/mol. The van der Waals surface area contributed by atoms with Crippen LogP contribution in [-0.4, -0.2) is 50.8 Å². The van der Waals surface area contributed by atoms with Crippen molar-refractivity contribution < 1.29 is 9.53 Å². The molecule has 1 N–H and O–H groups in total. The van der Waals surface area contributed by atoms with Crippen molar-refractivity contribution in [3.05, 3.63) is 24.3 Å². The van der Waals surface area contributed by atoms with Gasteiger partial charge in [-0.2, -0.15) is 0 Å². The Hall–Kier alpha value is -1.91. The van der Waals surface area contributed by atoms with Gasteiger partial charge in [-0.3, -0.25) is 0 Å². The number of carbonyl (C=O) groups excluding carboxylic acids is 1.